The molecule has 1 aromatic heterocycles. The summed E-state index contributed by atoms with van der Waals surface area (Å²) in [5.74, 6) is 1.03. The number of aliphatic hydroxyl groups is 1. The van der Waals surface area contributed by atoms with Gasteiger partial charge in [0.25, 0.3) is 0 Å². The molecule has 0 saturated carbocycles. The Hall–Kier alpha value is -2.18. The molecule has 6 nitrogen and oxygen atoms in total. The molecule has 0 aliphatic carbocycles. The lowest BCUT2D eigenvalue weighted by Crippen LogP contribution is -2.56. The summed E-state index contributed by atoms with van der Waals surface area (Å²) in [6.07, 6.45) is 1.74. The number of aliphatic hydroxyl groups excluding tert-OH is 1. The number of hydrogen-bond donors (Lipinski definition) is 1. The molecular weight excluding hydrogens is 342 g/mol. The van der Waals surface area contributed by atoms with Crippen molar-refractivity contribution in [2.24, 2.45) is 5.41 Å². The van der Waals surface area contributed by atoms with Gasteiger partial charge in [-0.05, 0) is 39.3 Å². The molecule has 0 bridgehead atoms. The SMILES string of the molecule is Cc1ccc(-c2cc(CN3CCC4(CC3)CC(O)CN(C)C4=O)on2)cc1. The summed E-state index contributed by atoms with van der Waals surface area (Å²) in [7, 11) is 1.79. The first-order valence-electron chi connectivity index (χ1n) is 9.64. The number of β-amino-alcohol motifs (C(OH)–C–C–N with tert-alkyl or cyclic N) is 1. The van der Waals surface area contributed by atoms with Gasteiger partial charge in [0.2, 0.25) is 5.91 Å². The summed E-state index contributed by atoms with van der Waals surface area (Å²) in [6.45, 7) is 4.86. The number of rotatable bonds is 3. The van der Waals surface area contributed by atoms with Gasteiger partial charge in [-0.3, -0.25) is 9.69 Å². The number of likely N-dealkylation sites (tertiary alicyclic amines) is 2. The van der Waals surface area contributed by atoms with E-state index in [-0.39, 0.29) is 5.91 Å². The van der Waals surface area contributed by atoms with E-state index in [0.29, 0.717) is 19.5 Å². The molecule has 1 amide bonds. The van der Waals surface area contributed by atoms with Crippen LogP contribution in [0.25, 0.3) is 11.3 Å². The van der Waals surface area contributed by atoms with Crippen LogP contribution in [0.1, 0.15) is 30.6 Å². The Morgan fingerprint density at radius 3 is 2.67 bits per heavy atom. The Kier molecular flexibility index (Phi) is 4.78. The minimum absolute atomic E-state index is 0.189. The van der Waals surface area contributed by atoms with E-state index in [1.54, 1.807) is 11.9 Å². The molecule has 2 fully saturated rings. The third-order valence-electron chi connectivity index (χ3n) is 6.01. The Bertz CT molecular complexity index is 806. The maximum absolute atomic E-state index is 12.7. The molecular formula is C21H27N3O3. The molecule has 1 unspecified atom stereocenters. The molecule has 1 spiro atoms. The lowest BCUT2D eigenvalue weighted by molar-refractivity contribution is -0.154. The summed E-state index contributed by atoms with van der Waals surface area (Å²) >= 11 is 0. The van der Waals surface area contributed by atoms with Crippen LogP contribution in [0.3, 0.4) is 0 Å². The molecule has 0 radical (unpaired) electrons. The van der Waals surface area contributed by atoms with Gasteiger partial charge in [-0.2, -0.15) is 0 Å². The van der Waals surface area contributed by atoms with Gasteiger partial charge >= 0.3 is 0 Å². The van der Waals surface area contributed by atoms with E-state index in [9.17, 15) is 9.90 Å². The van der Waals surface area contributed by atoms with E-state index in [2.05, 4.69) is 41.2 Å². The van der Waals surface area contributed by atoms with Crippen LogP contribution in [-0.4, -0.2) is 58.8 Å². The lowest BCUT2D eigenvalue weighted by Gasteiger charge is -2.46. The van der Waals surface area contributed by atoms with Crippen molar-refractivity contribution in [2.45, 2.75) is 38.8 Å². The van der Waals surface area contributed by atoms with E-state index in [1.807, 2.05) is 6.07 Å². The topological polar surface area (TPSA) is 69.8 Å². The van der Waals surface area contributed by atoms with E-state index >= 15 is 0 Å². The number of piperidine rings is 2. The number of aryl methyl sites for hydroxylation is 1. The molecule has 1 atom stereocenters. The van der Waals surface area contributed by atoms with Crippen molar-refractivity contribution in [1.29, 1.82) is 0 Å². The predicted octanol–water partition coefficient (Wildman–Crippen LogP) is 2.46. The number of likely N-dealkylation sites (N-methyl/N-ethyl adjacent to an activating group) is 1. The average Bonchev–Trinajstić information content (AvgIpc) is 3.11. The normalized spacial score (nSPS) is 23.1. The highest BCUT2D eigenvalue weighted by Crippen LogP contribution is 2.41. The molecule has 2 aromatic rings. The highest BCUT2D eigenvalue weighted by molar-refractivity contribution is 5.83. The molecule has 27 heavy (non-hydrogen) atoms. The molecule has 4 rings (SSSR count). The summed E-state index contributed by atoms with van der Waals surface area (Å²) in [5.41, 5.74) is 2.73. The van der Waals surface area contributed by atoms with Crippen LogP contribution in [0.15, 0.2) is 34.9 Å². The largest absolute Gasteiger partial charge is 0.391 e. The van der Waals surface area contributed by atoms with Gasteiger partial charge in [-0.25, -0.2) is 0 Å². The first-order chi connectivity index (χ1) is 12.9. The van der Waals surface area contributed by atoms with Crippen molar-refractivity contribution in [3.05, 3.63) is 41.7 Å². The lowest BCUT2D eigenvalue weighted by atomic mass is 9.71. The van der Waals surface area contributed by atoms with E-state index < -0.39 is 11.5 Å². The van der Waals surface area contributed by atoms with Gasteiger partial charge in [0.1, 0.15) is 5.69 Å². The number of benzene rings is 1. The number of amides is 1. The van der Waals surface area contributed by atoms with Crippen molar-refractivity contribution in [1.82, 2.24) is 15.0 Å². The zero-order valence-corrected chi connectivity index (χ0v) is 16.0. The van der Waals surface area contributed by atoms with Gasteiger partial charge in [-0.1, -0.05) is 35.0 Å². The van der Waals surface area contributed by atoms with Crippen molar-refractivity contribution in [2.75, 3.05) is 26.7 Å². The Morgan fingerprint density at radius 1 is 1.26 bits per heavy atom. The molecule has 1 aromatic carbocycles. The van der Waals surface area contributed by atoms with Gasteiger partial charge in [0.15, 0.2) is 5.76 Å². The van der Waals surface area contributed by atoms with Crippen molar-refractivity contribution in [3.63, 3.8) is 0 Å². The number of nitrogens with zero attached hydrogens (tertiary/aromatic N) is 3. The van der Waals surface area contributed by atoms with Crippen LogP contribution < -0.4 is 0 Å². The highest BCUT2D eigenvalue weighted by atomic mass is 16.5. The summed E-state index contributed by atoms with van der Waals surface area (Å²) in [5, 5.41) is 14.3. The van der Waals surface area contributed by atoms with Crippen LogP contribution in [0.2, 0.25) is 0 Å². The predicted molar refractivity (Wildman–Crippen MR) is 102 cm³/mol. The second kappa shape index (κ2) is 7.09. The molecule has 2 aliphatic heterocycles. The van der Waals surface area contributed by atoms with Crippen LogP contribution in [-0.2, 0) is 11.3 Å². The fourth-order valence-electron chi connectivity index (χ4n) is 4.43. The van der Waals surface area contributed by atoms with Gasteiger partial charge in [0, 0.05) is 25.2 Å². The van der Waals surface area contributed by atoms with Crippen molar-refractivity contribution < 1.29 is 14.4 Å². The number of carbonyl (C=O) groups excluding carboxylic acids is 1. The van der Waals surface area contributed by atoms with Crippen LogP contribution in [0.5, 0.6) is 0 Å². The third-order valence-corrected chi connectivity index (χ3v) is 6.01. The second-order valence-corrected chi connectivity index (χ2v) is 8.14. The van der Waals surface area contributed by atoms with E-state index in [1.165, 1.54) is 5.56 Å². The first kappa shape index (κ1) is 18.2. The maximum atomic E-state index is 12.7. The van der Waals surface area contributed by atoms with Gasteiger partial charge < -0.3 is 14.5 Å². The van der Waals surface area contributed by atoms with Gasteiger partial charge in [-0.15, -0.1) is 0 Å². The molecule has 1 N–H and O–H groups in total. The van der Waals surface area contributed by atoms with E-state index in [0.717, 1.165) is 42.9 Å². The monoisotopic (exact) mass is 369 g/mol. The summed E-state index contributed by atoms with van der Waals surface area (Å²) in [6, 6.07) is 10.2. The van der Waals surface area contributed by atoms with E-state index in [4.69, 9.17) is 4.52 Å². The maximum Gasteiger partial charge on any atom is 0.228 e. The molecule has 6 heteroatoms. The Morgan fingerprint density at radius 2 is 1.96 bits per heavy atom. The van der Waals surface area contributed by atoms with Crippen LogP contribution in [0.4, 0.5) is 0 Å². The molecule has 3 heterocycles. The zero-order valence-electron chi connectivity index (χ0n) is 16.0. The molecule has 2 aliphatic rings. The number of hydrogen-bond acceptors (Lipinski definition) is 5. The standard InChI is InChI=1S/C21H27N3O3/c1-15-3-5-16(6-4-15)19-11-18(27-22-19)14-24-9-7-21(8-10-24)12-17(25)13-23(2)20(21)26/h3-6,11,17,25H,7-10,12-14H2,1-2H3. The summed E-state index contributed by atoms with van der Waals surface area (Å²) < 4.78 is 5.54. The minimum atomic E-state index is -0.411. The fourth-order valence-corrected chi connectivity index (χ4v) is 4.43. The van der Waals surface area contributed by atoms with Gasteiger partial charge in [0.05, 0.1) is 18.1 Å². The number of carbonyl (C=O) groups is 1. The third kappa shape index (κ3) is 3.64. The molecule has 2 saturated heterocycles. The Labute approximate surface area is 159 Å². The minimum Gasteiger partial charge on any atom is -0.391 e. The van der Waals surface area contributed by atoms with Crippen molar-refractivity contribution >= 4 is 5.91 Å². The fraction of sp³-hybridized carbons (Fsp3) is 0.524. The summed E-state index contributed by atoms with van der Waals surface area (Å²) in [4.78, 5) is 16.7. The molecule has 144 valence electrons. The number of aromatic nitrogens is 1. The van der Waals surface area contributed by atoms with Crippen LogP contribution in [0, 0.1) is 12.3 Å². The smallest absolute Gasteiger partial charge is 0.228 e. The Balaban J connectivity index is 1.38. The quantitative estimate of drug-likeness (QED) is 0.900. The average molecular weight is 369 g/mol. The van der Waals surface area contributed by atoms with Crippen molar-refractivity contribution in [3.8, 4) is 11.3 Å². The highest BCUT2D eigenvalue weighted by Gasteiger charge is 2.47. The first-order valence-corrected chi connectivity index (χ1v) is 9.64. The zero-order chi connectivity index (χ0) is 19.0. The second-order valence-electron chi connectivity index (χ2n) is 8.14. The van der Waals surface area contributed by atoms with Crippen LogP contribution >= 0.6 is 0 Å².